The Kier molecular flexibility index (Phi) is 4.26. The summed E-state index contributed by atoms with van der Waals surface area (Å²) in [5.41, 5.74) is 5.62. The van der Waals surface area contributed by atoms with E-state index in [1.807, 2.05) is 0 Å². The number of hydrogen-bond donors (Lipinski definition) is 1. The molecule has 0 atom stereocenters. The molecule has 2 N–H and O–H groups in total. The van der Waals surface area contributed by atoms with E-state index >= 15 is 0 Å². The highest BCUT2D eigenvalue weighted by Crippen LogP contribution is 2.06. The van der Waals surface area contributed by atoms with Gasteiger partial charge in [0.2, 0.25) is 0 Å². The van der Waals surface area contributed by atoms with Crippen molar-refractivity contribution in [2.75, 3.05) is 27.2 Å². The third kappa shape index (κ3) is 3.03. The highest BCUT2D eigenvalue weighted by molar-refractivity contribution is 5.92. The van der Waals surface area contributed by atoms with Crippen LogP contribution in [0.3, 0.4) is 0 Å². The molecule has 0 bridgehead atoms. The van der Waals surface area contributed by atoms with Crippen molar-refractivity contribution < 1.29 is 14.1 Å². The van der Waals surface area contributed by atoms with Gasteiger partial charge in [0.15, 0.2) is 11.5 Å². The van der Waals surface area contributed by atoms with E-state index in [0.717, 1.165) is 0 Å². The Labute approximate surface area is 88.0 Å². The third-order valence-electron chi connectivity index (χ3n) is 1.88. The summed E-state index contributed by atoms with van der Waals surface area (Å²) in [5, 5.41) is 3.65. The van der Waals surface area contributed by atoms with Gasteiger partial charge in [-0.05, 0) is 0 Å². The van der Waals surface area contributed by atoms with Gasteiger partial charge in [-0.3, -0.25) is 4.79 Å². The van der Waals surface area contributed by atoms with Crippen LogP contribution in [-0.2, 0) is 11.3 Å². The van der Waals surface area contributed by atoms with E-state index in [2.05, 4.69) is 5.16 Å². The molecule has 15 heavy (non-hydrogen) atoms. The van der Waals surface area contributed by atoms with Gasteiger partial charge in [0.05, 0.1) is 0 Å². The van der Waals surface area contributed by atoms with E-state index < -0.39 is 0 Å². The maximum absolute atomic E-state index is 11.7. The summed E-state index contributed by atoms with van der Waals surface area (Å²) in [6.07, 6.45) is 0. The van der Waals surface area contributed by atoms with Crippen molar-refractivity contribution in [3.8, 4) is 0 Å². The lowest BCUT2D eigenvalue weighted by Crippen LogP contribution is -2.31. The maximum Gasteiger partial charge on any atom is 0.275 e. The van der Waals surface area contributed by atoms with Crippen LogP contribution in [0, 0.1) is 0 Å². The van der Waals surface area contributed by atoms with E-state index in [0.29, 0.717) is 25.5 Å². The van der Waals surface area contributed by atoms with Crippen molar-refractivity contribution in [1.82, 2.24) is 10.1 Å². The van der Waals surface area contributed by atoms with E-state index in [1.165, 1.54) is 4.90 Å². The lowest BCUT2D eigenvalue weighted by Gasteiger charge is -2.13. The summed E-state index contributed by atoms with van der Waals surface area (Å²) in [6.45, 7) is 1.22. The fourth-order valence-corrected chi connectivity index (χ4v) is 1.11. The van der Waals surface area contributed by atoms with Crippen LogP contribution in [-0.4, -0.2) is 43.2 Å². The van der Waals surface area contributed by atoms with Crippen molar-refractivity contribution >= 4 is 5.91 Å². The molecule has 0 saturated heterocycles. The third-order valence-corrected chi connectivity index (χ3v) is 1.88. The Balaban J connectivity index is 2.65. The molecule has 0 radical (unpaired) electrons. The van der Waals surface area contributed by atoms with E-state index in [4.69, 9.17) is 15.0 Å². The molecule has 84 valence electrons. The molecular formula is C9H15N3O3. The predicted octanol–water partition coefficient (Wildman–Crippen LogP) is -0.148. The zero-order valence-electron chi connectivity index (χ0n) is 8.90. The summed E-state index contributed by atoms with van der Waals surface area (Å²) < 4.78 is 9.75. The molecule has 0 aliphatic carbocycles. The molecule has 1 amide bonds. The maximum atomic E-state index is 11.7. The van der Waals surface area contributed by atoms with E-state index in [9.17, 15) is 4.79 Å². The van der Waals surface area contributed by atoms with Crippen LogP contribution in [0.1, 0.15) is 16.2 Å². The van der Waals surface area contributed by atoms with Gasteiger partial charge < -0.3 is 19.9 Å². The van der Waals surface area contributed by atoms with Gasteiger partial charge in [-0.25, -0.2) is 0 Å². The predicted molar refractivity (Wildman–Crippen MR) is 53.2 cm³/mol. The molecule has 0 saturated carbocycles. The number of nitrogens with two attached hydrogens (primary N) is 1. The second-order valence-electron chi connectivity index (χ2n) is 3.13. The van der Waals surface area contributed by atoms with Crippen LogP contribution in [0.5, 0.6) is 0 Å². The van der Waals surface area contributed by atoms with E-state index in [1.54, 1.807) is 20.2 Å². The Bertz CT molecular complexity index is 324. The van der Waals surface area contributed by atoms with Crippen molar-refractivity contribution in [3.05, 3.63) is 17.5 Å². The van der Waals surface area contributed by atoms with Crippen LogP contribution >= 0.6 is 0 Å². The average Bonchev–Trinajstić information content (AvgIpc) is 2.66. The molecule has 6 nitrogen and oxygen atoms in total. The van der Waals surface area contributed by atoms with Gasteiger partial charge in [-0.2, -0.15) is 0 Å². The first-order valence-electron chi connectivity index (χ1n) is 4.59. The molecule has 0 spiro atoms. The highest BCUT2D eigenvalue weighted by atomic mass is 16.5. The minimum atomic E-state index is -0.202. The number of rotatable bonds is 5. The fraction of sp³-hybridized carbons (Fsp3) is 0.556. The Hall–Kier alpha value is -1.40. The number of hydrogen-bond acceptors (Lipinski definition) is 5. The van der Waals surface area contributed by atoms with Gasteiger partial charge >= 0.3 is 0 Å². The average molecular weight is 213 g/mol. The monoisotopic (exact) mass is 213 g/mol. The number of carbonyl (C=O) groups is 1. The Morgan fingerprint density at radius 2 is 2.47 bits per heavy atom. The number of carbonyl (C=O) groups excluding carboxylic acids is 1. The number of ether oxygens (including phenoxy) is 1. The van der Waals surface area contributed by atoms with Gasteiger partial charge in [0.1, 0.15) is 6.61 Å². The van der Waals surface area contributed by atoms with E-state index in [-0.39, 0.29) is 11.6 Å². The number of methoxy groups -OCH3 is 1. The molecule has 0 aliphatic rings. The smallest absolute Gasteiger partial charge is 0.275 e. The Morgan fingerprint density at radius 1 is 1.73 bits per heavy atom. The number of aromatic nitrogens is 1. The van der Waals surface area contributed by atoms with Gasteiger partial charge in [-0.15, -0.1) is 0 Å². The zero-order valence-corrected chi connectivity index (χ0v) is 8.90. The Morgan fingerprint density at radius 3 is 3.07 bits per heavy atom. The summed E-state index contributed by atoms with van der Waals surface area (Å²) in [6, 6.07) is 1.57. The molecule has 6 heteroatoms. The van der Waals surface area contributed by atoms with Crippen LogP contribution in [0.15, 0.2) is 10.6 Å². The molecule has 1 rings (SSSR count). The summed E-state index contributed by atoms with van der Waals surface area (Å²) >= 11 is 0. The first-order valence-corrected chi connectivity index (χ1v) is 4.59. The standard InChI is InChI=1S/C9H15N3O3/c1-12(4-3-10)9(13)8-5-7(6-14-2)15-11-8/h5H,3-4,6,10H2,1-2H3. The van der Waals surface area contributed by atoms with Crippen molar-refractivity contribution in [2.45, 2.75) is 6.61 Å². The minimum absolute atomic E-state index is 0.202. The normalized spacial score (nSPS) is 10.3. The fourth-order valence-electron chi connectivity index (χ4n) is 1.11. The molecule has 1 aromatic heterocycles. The summed E-state index contributed by atoms with van der Waals surface area (Å²) in [5.74, 6) is 0.327. The van der Waals surface area contributed by atoms with Gasteiger partial charge in [-0.1, -0.05) is 5.16 Å². The molecule has 1 heterocycles. The lowest BCUT2D eigenvalue weighted by atomic mass is 10.3. The SMILES string of the molecule is COCc1cc(C(=O)N(C)CCN)no1. The second kappa shape index (κ2) is 5.47. The lowest BCUT2D eigenvalue weighted by molar-refractivity contribution is 0.0788. The largest absolute Gasteiger partial charge is 0.377 e. The summed E-state index contributed by atoms with van der Waals surface area (Å²) in [4.78, 5) is 13.2. The highest BCUT2D eigenvalue weighted by Gasteiger charge is 2.15. The molecule has 0 aromatic carbocycles. The van der Waals surface area contributed by atoms with Crippen LogP contribution in [0.2, 0.25) is 0 Å². The van der Waals surface area contributed by atoms with Gasteiger partial charge in [0, 0.05) is 33.3 Å². The summed E-state index contributed by atoms with van der Waals surface area (Å²) in [7, 11) is 3.21. The topological polar surface area (TPSA) is 81.6 Å². The van der Waals surface area contributed by atoms with Crippen molar-refractivity contribution in [3.63, 3.8) is 0 Å². The first-order chi connectivity index (χ1) is 7.19. The molecular weight excluding hydrogens is 198 g/mol. The zero-order chi connectivity index (χ0) is 11.3. The minimum Gasteiger partial charge on any atom is -0.377 e. The van der Waals surface area contributed by atoms with Crippen molar-refractivity contribution in [1.29, 1.82) is 0 Å². The second-order valence-corrected chi connectivity index (χ2v) is 3.13. The van der Waals surface area contributed by atoms with Crippen LogP contribution < -0.4 is 5.73 Å². The molecule has 0 aliphatic heterocycles. The quantitative estimate of drug-likeness (QED) is 0.735. The van der Waals surface area contributed by atoms with Crippen molar-refractivity contribution in [2.24, 2.45) is 5.73 Å². The number of likely N-dealkylation sites (N-methyl/N-ethyl adjacent to an activating group) is 1. The molecule has 0 fully saturated rings. The number of nitrogens with zero attached hydrogens (tertiary/aromatic N) is 2. The first kappa shape index (κ1) is 11.7. The number of amides is 1. The van der Waals surface area contributed by atoms with Crippen LogP contribution in [0.25, 0.3) is 0 Å². The molecule has 0 unspecified atom stereocenters. The van der Waals surface area contributed by atoms with Gasteiger partial charge in [0.25, 0.3) is 5.91 Å². The van der Waals surface area contributed by atoms with Crippen LogP contribution in [0.4, 0.5) is 0 Å². The molecule has 1 aromatic rings.